The van der Waals surface area contributed by atoms with Crippen LogP contribution in [0.3, 0.4) is 0 Å². The summed E-state index contributed by atoms with van der Waals surface area (Å²) in [6.07, 6.45) is 0. The highest BCUT2D eigenvalue weighted by Crippen LogP contribution is 2.40. The Balaban J connectivity index is 0.000000128. The van der Waals surface area contributed by atoms with Gasteiger partial charge in [-0.2, -0.15) is 24.9 Å². The topological polar surface area (TPSA) is 77.3 Å². The van der Waals surface area contributed by atoms with Crippen molar-refractivity contribution >= 4 is 115 Å². The Hall–Kier alpha value is -9.99. The van der Waals surface area contributed by atoms with Crippen molar-refractivity contribution in [3.63, 3.8) is 0 Å². The molecule has 418 valence electrons. The molecule has 0 saturated carbocycles. The first kappa shape index (κ1) is 55.9. The Morgan fingerprint density at radius 3 is 0.864 bits per heavy atom. The van der Waals surface area contributed by atoms with E-state index in [0.29, 0.717) is 17.5 Å². The number of fused-ring (bicyclic) bond motifs is 12. The SMILES string of the molecule is Brc1cccc(-c2ccccc2-c2ccccc2)c1.Clc1nc(-c2cccc(-c3ccccc3-c3ccccc3)c2)nc(-c2ccc3c4ccccc4c4ccccc4c3c2)n1.Clc1nc(Cl)nc(-c2ccc3c4ccccc4c4ccccc4c3c2)n1. The van der Waals surface area contributed by atoms with E-state index in [2.05, 4.69) is 302 Å². The Morgan fingerprint density at radius 2 is 0.466 bits per heavy atom. The summed E-state index contributed by atoms with van der Waals surface area (Å²) >= 11 is 22.0. The average Bonchev–Trinajstić information content (AvgIpc) is 0.896. The van der Waals surface area contributed by atoms with Crippen LogP contribution < -0.4 is 0 Å². The molecule has 14 aromatic carbocycles. The molecule has 0 amide bonds. The smallest absolute Gasteiger partial charge is 0.208 e. The lowest BCUT2D eigenvalue weighted by Gasteiger charge is -2.12. The number of aromatic nitrogens is 6. The molecule has 88 heavy (non-hydrogen) atoms. The zero-order valence-electron chi connectivity index (χ0n) is 46.9. The quantitative estimate of drug-likeness (QED) is 0.148. The summed E-state index contributed by atoms with van der Waals surface area (Å²) in [6.45, 7) is 0. The molecule has 0 bridgehead atoms. The number of halogens is 4. The minimum Gasteiger partial charge on any atom is -0.208 e. The van der Waals surface area contributed by atoms with E-state index in [1.54, 1.807) is 0 Å². The maximum atomic E-state index is 6.54. The van der Waals surface area contributed by atoms with Crippen LogP contribution in [0.25, 0.3) is 143 Å². The highest BCUT2D eigenvalue weighted by atomic mass is 79.9. The zero-order chi connectivity index (χ0) is 59.5. The lowest BCUT2D eigenvalue weighted by atomic mass is 9.93. The maximum Gasteiger partial charge on any atom is 0.227 e. The van der Waals surface area contributed by atoms with Gasteiger partial charge in [0.15, 0.2) is 17.5 Å². The van der Waals surface area contributed by atoms with Crippen LogP contribution in [0.1, 0.15) is 0 Å². The third-order valence-electron chi connectivity index (χ3n) is 15.8. The Bertz CT molecular complexity index is 5210. The second-order valence-corrected chi connectivity index (χ2v) is 23.0. The van der Waals surface area contributed by atoms with Gasteiger partial charge >= 0.3 is 0 Å². The van der Waals surface area contributed by atoms with Crippen molar-refractivity contribution in [3.8, 4) is 78.7 Å². The zero-order valence-corrected chi connectivity index (χ0v) is 50.8. The summed E-state index contributed by atoms with van der Waals surface area (Å²) in [5.74, 6) is 1.55. The van der Waals surface area contributed by atoms with Crippen LogP contribution in [-0.2, 0) is 0 Å². The van der Waals surface area contributed by atoms with Crippen molar-refractivity contribution in [1.82, 2.24) is 29.9 Å². The second kappa shape index (κ2) is 24.8. The van der Waals surface area contributed by atoms with Crippen LogP contribution in [0.15, 0.2) is 296 Å². The molecule has 0 fully saturated rings. The van der Waals surface area contributed by atoms with Gasteiger partial charge in [0, 0.05) is 21.2 Å². The van der Waals surface area contributed by atoms with E-state index < -0.39 is 0 Å². The first-order valence-corrected chi connectivity index (χ1v) is 30.5. The first-order chi connectivity index (χ1) is 43.3. The normalized spacial score (nSPS) is 11.2. The summed E-state index contributed by atoms with van der Waals surface area (Å²) in [6, 6.07) is 101. The fourth-order valence-corrected chi connectivity index (χ4v) is 12.8. The minimum absolute atomic E-state index is 0.0865. The fraction of sp³-hybridized carbons (Fsp3) is 0. The number of rotatable bonds is 7. The lowest BCUT2D eigenvalue weighted by Crippen LogP contribution is -1.98. The highest BCUT2D eigenvalue weighted by molar-refractivity contribution is 9.10. The Labute approximate surface area is 531 Å². The maximum absolute atomic E-state index is 6.54. The van der Waals surface area contributed by atoms with E-state index in [1.807, 2.05) is 30.3 Å². The van der Waals surface area contributed by atoms with Crippen molar-refractivity contribution in [2.24, 2.45) is 0 Å². The van der Waals surface area contributed by atoms with Crippen molar-refractivity contribution in [2.45, 2.75) is 0 Å². The number of hydrogen-bond donors (Lipinski definition) is 0. The van der Waals surface area contributed by atoms with E-state index in [9.17, 15) is 0 Å². The number of benzene rings is 14. The van der Waals surface area contributed by atoms with Gasteiger partial charge in [0.25, 0.3) is 0 Å². The van der Waals surface area contributed by atoms with Gasteiger partial charge in [-0.15, -0.1) is 0 Å². The molecule has 0 atom stereocenters. The van der Waals surface area contributed by atoms with Crippen LogP contribution in [-0.4, -0.2) is 29.9 Å². The molecule has 0 saturated heterocycles. The standard InChI is InChI=1S/C39H24ClN3.C21H11Cl2N3.C18H13Br/c40-39-42-37(27-14-10-13-26(23-27)30-16-5-4-15-29(30)25-11-2-1-3-12-25)41-38(43-39)28-21-22-35-33-19-7-6-17-31(33)32-18-8-9-20-34(32)36(35)24-28;22-20-24-19(25-21(23)26-20)12-9-10-17-15-7-2-1-5-13(15)14-6-3-4-8-16(14)18(17)11-12;19-16-10-6-9-15(13-16)18-12-5-4-11-17(18)14-7-2-1-3-8-14/h1-24H;1-11H;1-13H. The van der Waals surface area contributed by atoms with Crippen LogP contribution in [0.5, 0.6) is 0 Å². The van der Waals surface area contributed by atoms with Crippen LogP contribution in [0, 0.1) is 0 Å². The lowest BCUT2D eigenvalue weighted by molar-refractivity contribution is 1.06. The van der Waals surface area contributed by atoms with Gasteiger partial charge in [-0.1, -0.05) is 277 Å². The van der Waals surface area contributed by atoms with Crippen molar-refractivity contribution in [1.29, 1.82) is 0 Å². The molecule has 2 aromatic heterocycles. The molecule has 16 rings (SSSR count). The van der Waals surface area contributed by atoms with E-state index in [0.717, 1.165) is 43.1 Å². The van der Waals surface area contributed by atoms with E-state index >= 15 is 0 Å². The molecule has 0 spiro atoms. The second-order valence-electron chi connectivity index (χ2n) is 21.1. The number of nitrogens with zero attached hydrogens (tertiary/aromatic N) is 6. The monoisotopic (exact) mass is 1250 g/mol. The predicted octanol–water partition coefficient (Wildman–Crippen LogP) is 22.7. The van der Waals surface area contributed by atoms with Crippen LogP contribution in [0.4, 0.5) is 0 Å². The predicted molar refractivity (Wildman–Crippen MR) is 372 cm³/mol. The fourth-order valence-electron chi connectivity index (χ4n) is 11.8. The van der Waals surface area contributed by atoms with Gasteiger partial charge in [0.2, 0.25) is 15.9 Å². The Morgan fingerprint density at radius 1 is 0.193 bits per heavy atom. The Kier molecular flexibility index (Phi) is 15.7. The molecule has 0 radical (unpaired) electrons. The largest absolute Gasteiger partial charge is 0.227 e. The third-order valence-corrected chi connectivity index (χ3v) is 16.8. The molecule has 0 aliphatic heterocycles. The van der Waals surface area contributed by atoms with Crippen LogP contribution >= 0.6 is 50.7 Å². The van der Waals surface area contributed by atoms with Gasteiger partial charge < -0.3 is 0 Å². The summed E-state index contributed by atoms with van der Waals surface area (Å²) < 4.78 is 1.10. The van der Waals surface area contributed by atoms with Gasteiger partial charge in [-0.05, 0) is 174 Å². The molecule has 16 aromatic rings. The molecule has 0 N–H and O–H groups in total. The van der Waals surface area contributed by atoms with Crippen molar-refractivity contribution in [2.75, 3.05) is 0 Å². The van der Waals surface area contributed by atoms with E-state index in [1.165, 1.54) is 87.2 Å². The van der Waals surface area contributed by atoms with Gasteiger partial charge in [-0.25, -0.2) is 4.98 Å². The average molecular weight is 1260 g/mol. The molecule has 0 aliphatic carbocycles. The van der Waals surface area contributed by atoms with E-state index in [4.69, 9.17) is 39.8 Å². The van der Waals surface area contributed by atoms with Crippen molar-refractivity contribution < 1.29 is 0 Å². The van der Waals surface area contributed by atoms with Gasteiger partial charge in [0.1, 0.15) is 0 Å². The van der Waals surface area contributed by atoms with E-state index in [-0.39, 0.29) is 15.9 Å². The third kappa shape index (κ3) is 11.4. The molecule has 6 nitrogen and oxygen atoms in total. The highest BCUT2D eigenvalue weighted by Gasteiger charge is 2.17. The summed E-state index contributed by atoms with van der Waals surface area (Å²) in [5, 5.41) is 14.8. The molecule has 2 heterocycles. The molecule has 0 unspecified atom stereocenters. The van der Waals surface area contributed by atoms with Crippen LogP contribution in [0.2, 0.25) is 15.9 Å². The molecular weight excluding hydrogens is 1210 g/mol. The summed E-state index contributed by atoms with van der Waals surface area (Å²) in [5.41, 5.74) is 12.2. The first-order valence-electron chi connectivity index (χ1n) is 28.6. The summed E-state index contributed by atoms with van der Waals surface area (Å²) in [7, 11) is 0. The van der Waals surface area contributed by atoms with Gasteiger partial charge in [-0.3, -0.25) is 0 Å². The van der Waals surface area contributed by atoms with Gasteiger partial charge in [0.05, 0.1) is 0 Å². The summed E-state index contributed by atoms with van der Waals surface area (Å²) in [4.78, 5) is 26.3. The molecular formula is C78H48BrCl3N6. The molecule has 0 aliphatic rings. The number of hydrogen-bond acceptors (Lipinski definition) is 6. The molecule has 10 heteroatoms. The minimum atomic E-state index is 0.0865. The van der Waals surface area contributed by atoms with Crippen molar-refractivity contribution in [3.05, 3.63) is 312 Å².